The van der Waals surface area contributed by atoms with Crippen LogP contribution in [0.5, 0.6) is 0 Å². The predicted molar refractivity (Wildman–Crippen MR) is 99.7 cm³/mol. The fourth-order valence-corrected chi connectivity index (χ4v) is 3.56. The topological polar surface area (TPSA) is 132 Å². The van der Waals surface area contributed by atoms with Gasteiger partial charge in [0.05, 0.1) is 24.1 Å². The van der Waals surface area contributed by atoms with Crippen LogP contribution in [-0.2, 0) is 34.3 Å². The maximum atomic E-state index is 12.6. The Bertz CT molecular complexity index is 1010. The van der Waals surface area contributed by atoms with Crippen LogP contribution in [0.4, 0.5) is 4.79 Å². The minimum atomic E-state index is -3.75. The summed E-state index contributed by atoms with van der Waals surface area (Å²) >= 11 is 0. The molecule has 1 aromatic carbocycles. The maximum Gasteiger partial charge on any atom is 0.409 e. The summed E-state index contributed by atoms with van der Waals surface area (Å²) in [4.78, 5) is 30.0. The van der Waals surface area contributed by atoms with Gasteiger partial charge in [-0.25, -0.2) is 18.4 Å². The first-order chi connectivity index (χ1) is 13.3. The number of sulfonamides is 1. The number of hydrogen-bond acceptors (Lipinski definition) is 6. The number of pyridine rings is 1. The second-order valence-electron chi connectivity index (χ2n) is 6.34. The Morgan fingerprint density at radius 1 is 1.25 bits per heavy atom. The highest BCUT2D eigenvalue weighted by Crippen LogP contribution is 2.22. The van der Waals surface area contributed by atoms with Crippen LogP contribution in [0.25, 0.3) is 0 Å². The molecule has 0 unspecified atom stereocenters. The van der Waals surface area contributed by atoms with E-state index in [9.17, 15) is 18.0 Å². The molecule has 3 rings (SSSR count). The molecule has 0 saturated heterocycles. The van der Waals surface area contributed by atoms with Gasteiger partial charge in [0, 0.05) is 25.5 Å². The van der Waals surface area contributed by atoms with Gasteiger partial charge in [-0.05, 0) is 35.2 Å². The van der Waals surface area contributed by atoms with E-state index in [1.165, 1.54) is 25.4 Å². The van der Waals surface area contributed by atoms with Crippen LogP contribution < -0.4 is 10.5 Å². The van der Waals surface area contributed by atoms with E-state index >= 15 is 0 Å². The lowest BCUT2D eigenvalue weighted by Gasteiger charge is -2.28. The van der Waals surface area contributed by atoms with Gasteiger partial charge >= 0.3 is 6.09 Å². The monoisotopic (exact) mass is 404 g/mol. The van der Waals surface area contributed by atoms with Crippen molar-refractivity contribution in [3.8, 4) is 0 Å². The Morgan fingerprint density at radius 3 is 2.61 bits per heavy atom. The number of nitrogens with one attached hydrogen (secondary N) is 1. The number of carbonyl (C=O) groups excluding carboxylic acids is 2. The van der Waals surface area contributed by atoms with Crippen molar-refractivity contribution in [3.63, 3.8) is 0 Å². The molecule has 0 spiro atoms. The highest BCUT2D eigenvalue weighted by Gasteiger charge is 2.25. The van der Waals surface area contributed by atoms with Crippen molar-refractivity contribution < 1.29 is 22.7 Å². The van der Waals surface area contributed by atoms with Crippen LogP contribution in [0.1, 0.15) is 27.0 Å². The number of nitrogens with zero attached hydrogens (tertiary/aromatic N) is 2. The highest BCUT2D eigenvalue weighted by atomic mass is 32.2. The minimum Gasteiger partial charge on any atom is -0.453 e. The van der Waals surface area contributed by atoms with Crippen molar-refractivity contribution in [3.05, 3.63) is 58.9 Å². The molecule has 0 atom stereocenters. The third-order valence-corrected chi connectivity index (χ3v) is 5.45. The van der Waals surface area contributed by atoms with Crippen molar-refractivity contribution in [1.29, 1.82) is 0 Å². The van der Waals surface area contributed by atoms with Gasteiger partial charge in [-0.1, -0.05) is 12.1 Å². The van der Waals surface area contributed by atoms with Gasteiger partial charge < -0.3 is 15.0 Å². The van der Waals surface area contributed by atoms with Crippen LogP contribution in [0, 0.1) is 0 Å². The molecule has 0 saturated carbocycles. The summed E-state index contributed by atoms with van der Waals surface area (Å²) in [6.07, 6.45) is 3.27. The Hall–Kier alpha value is -2.98. The standard InChI is InChI=1S/C18H20N4O5S/c1-27-18(24)22-7-6-15-13(11-22)9-20-10-16(15)17(23)21-8-12-2-4-14(5-3-12)28(19,25)26/h2-5,9-10H,6-8,11H2,1H3,(H,21,23)(H2,19,25,26). The first-order valence-corrected chi connectivity index (χ1v) is 10.0. The summed E-state index contributed by atoms with van der Waals surface area (Å²) in [6, 6.07) is 5.97. The molecule has 2 heterocycles. The largest absolute Gasteiger partial charge is 0.453 e. The Morgan fingerprint density at radius 2 is 1.96 bits per heavy atom. The fraction of sp³-hybridized carbons (Fsp3) is 0.278. The molecule has 1 aliphatic heterocycles. The van der Waals surface area contributed by atoms with Gasteiger partial charge in [-0.3, -0.25) is 9.78 Å². The summed E-state index contributed by atoms with van der Waals surface area (Å²) in [5.41, 5.74) is 2.86. The molecule has 9 nitrogen and oxygen atoms in total. The normalized spacial score (nSPS) is 13.6. The van der Waals surface area contributed by atoms with E-state index in [-0.39, 0.29) is 17.3 Å². The zero-order chi connectivity index (χ0) is 20.3. The maximum absolute atomic E-state index is 12.6. The van der Waals surface area contributed by atoms with Gasteiger partial charge in [0.1, 0.15) is 0 Å². The molecule has 10 heteroatoms. The van der Waals surface area contributed by atoms with Crippen LogP contribution in [0.3, 0.4) is 0 Å². The predicted octanol–water partition coefficient (Wildman–Crippen LogP) is 0.784. The zero-order valence-electron chi connectivity index (χ0n) is 15.2. The molecule has 1 aliphatic rings. The highest BCUT2D eigenvalue weighted by molar-refractivity contribution is 7.89. The number of primary sulfonamides is 1. The molecule has 148 valence electrons. The molecule has 3 N–H and O–H groups in total. The number of hydrogen-bond donors (Lipinski definition) is 2. The van der Waals surface area contributed by atoms with Crippen LogP contribution in [0.2, 0.25) is 0 Å². The van der Waals surface area contributed by atoms with E-state index in [0.29, 0.717) is 25.1 Å². The zero-order valence-corrected chi connectivity index (χ0v) is 16.0. The van der Waals surface area contributed by atoms with Gasteiger partial charge in [0.15, 0.2) is 0 Å². The molecule has 0 radical (unpaired) electrons. The molecule has 0 fully saturated rings. The average Bonchev–Trinajstić information content (AvgIpc) is 2.70. The van der Waals surface area contributed by atoms with Gasteiger partial charge in [-0.2, -0.15) is 0 Å². The lowest BCUT2D eigenvalue weighted by Crippen LogP contribution is -2.37. The molecule has 28 heavy (non-hydrogen) atoms. The Labute approximate surface area is 162 Å². The van der Waals surface area contributed by atoms with Crippen molar-refractivity contribution in [2.24, 2.45) is 5.14 Å². The SMILES string of the molecule is COC(=O)N1CCc2c(cncc2C(=O)NCc2ccc(S(N)(=O)=O)cc2)C1. The Balaban J connectivity index is 1.70. The van der Waals surface area contributed by atoms with Crippen molar-refractivity contribution >= 4 is 22.0 Å². The lowest BCUT2D eigenvalue weighted by molar-refractivity contribution is 0.0948. The third kappa shape index (κ3) is 4.29. The second-order valence-corrected chi connectivity index (χ2v) is 7.90. The summed E-state index contributed by atoms with van der Waals surface area (Å²) in [7, 11) is -2.42. The van der Waals surface area contributed by atoms with Crippen molar-refractivity contribution in [1.82, 2.24) is 15.2 Å². The summed E-state index contributed by atoms with van der Waals surface area (Å²) in [5.74, 6) is -0.286. The molecular formula is C18H20N4O5S. The second kappa shape index (κ2) is 7.95. The Kier molecular flexibility index (Phi) is 5.61. The lowest BCUT2D eigenvalue weighted by atomic mass is 9.97. The van der Waals surface area contributed by atoms with Crippen molar-refractivity contribution in [2.45, 2.75) is 24.4 Å². The van der Waals surface area contributed by atoms with Gasteiger partial charge in [0.25, 0.3) is 5.91 Å². The number of carbonyl (C=O) groups is 2. The molecule has 0 aliphatic carbocycles. The fourth-order valence-electron chi connectivity index (χ4n) is 3.05. The summed E-state index contributed by atoms with van der Waals surface area (Å²) in [6.45, 7) is 1.02. The minimum absolute atomic E-state index is 0.0130. The quantitative estimate of drug-likeness (QED) is 0.774. The number of ether oxygens (including phenoxy) is 1. The van der Waals surface area contributed by atoms with E-state index in [0.717, 1.165) is 16.7 Å². The molecular weight excluding hydrogens is 384 g/mol. The van der Waals surface area contributed by atoms with E-state index in [4.69, 9.17) is 9.88 Å². The number of aromatic nitrogens is 1. The number of methoxy groups -OCH3 is 1. The smallest absolute Gasteiger partial charge is 0.409 e. The first-order valence-electron chi connectivity index (χ1n) is 8.48. The van der Waals surface area contributed by atoms with E-state index < -0.39 is 16.1 Å². The summed E-state index contributed by atoms with van der Waals surface area (Å²) in [5, 5.41) is 7.87. The first kappa shape index (κ1) is 19.8. The van der Waals surface area contributed by atoms with Crippen LogP contribution >= 0.6 is 0 Å². The number of nitrogens with two attached hydrogens (primary N) is 1. The molecule has 2 amide bonds. The van der Waals surface area contributed by atoms with Crippen LogP contribution in [-0.4, -0.2) is 44.0 Å². The summed E-state index contributed by atoms with van der Waals surface area (Å²) < 4.78 is 27.3. The third-order valence-electron chi connectivity index (χ3n) is 4.52. The van der Waals surface area contributed by atoms with E-state index in [1.54, 1.807) is 23.2 Å². The number of benzene rings is 1. The number of fused-ring (bicyclic) bond motifs is 1. The molecule has 0 bridgehead atoms. The number of amides is 2. The van der Waals surface area contributed by atoms with E-state index in [1.807, 2.05) is 0 Å². The van der Waals surface area contributed by atoms with E-state index in [2.05, 4.69) is 10.3 Å². The number of rotatable bonds is 4. The van der Waals surface area contributed by atoms with Gasteiger partial charge in [-0.15, -0.1) is 0 Å². The molecule has 1 aromatic heterocycles. The van der Waals surface area contributed by atoms with Crippen molar-refractivity contribution in [2.75, 3.05) is 13.7 Å². The van der Waals surface area contributed by atoms with Gasteiger partial charge in [0.2, 0.25) is 10.0 Å². The molecule has 2 aromatic rings. The average molecular weight is 404 g/mol. The van der Waals surface area contributed by atoms with Crippen LogP contribution in [0.15, 0.2) is 41.6 Å².